The zero-order valence-corrected chi connectivity index (χ0v) is 15.4. The fourth-order valence-electron chi connectivity index (χ4n) is 2.70. The summed E-state index contributed by atoms with van der Waals surface area (Å²) < 4.78 is 5.68. The first-order valence-electron chi connectivity index (χ1n) is 8.87. The van der Waals surface area contributed by atoms with Crippen LogP contribution in [0, 0.1) is 22.7 Å². The summed E-state index contributed by atoms with van der Waals surface area (Å²) in [4.78, 5) is 12.6. The smallest absolute Gasteiger partial charge is 0.343 e. The molecule has 0 amide bonds. The number of nitrogens with zero attached hydrogens (tertiary/aromatic N) is 2. The third-order valence-electron chi connectivity index (χ3n) is 4.12. The Bertz CT molecular complexity index is 1120. The number of rotatable bonds is 5. The predicted molar refractivity (Wildman–Crippen MR) is 111 cm³/mol. The van der Waals surface area contributed by atoms with Gasteiger partial charge in [0.2, 0.25) is 0 Å². The third kappa shape index (κ3) is 4.86. The van der Waals surface area contributed by atoms with Crippen LogP contribution in [-0.4, -0.2) is 5.97 Å². The quantitative estimate of drug-likeness (QED) is 0.259. The van der Waals surface area contributed by atoms with Crippen LogP contribution in [0.5, 0.6) is 0 Å². The van der Waals surface area contributed by atoms with E-state index in [9.17, 15) is 15.3 Å². The fraction of sp³-hybridized carbons (Fsp3) is 0. The van der Waals surface area contributed by atoms with E-state index in [1.54, 1.807) is 54.6 Å². The van der Waals surface area contributed by atoms with Gasteiger partial charge in [-0.1, -0.05) is 78.9 Å². The first-order valence-corrected chi connectivity index (χ1v) is 8.87. The molecule has 3 rings (SSSR count). The van der Waals surface area contributed by atoms with Crippen LogP contribution in [0.2, 0.25) is 0 Å². The topological polar surface area (TPSA) is 73.9 Å². The average molecular weight is 376 g/mol. The molecule has 29 heavy (non-hydrogen) atoms. The highest BCUT2D eigenvalue weighted by Gasteiger charge is 2.15. The summed E-state index contributed by atoms with van der Waals surface area (Å²) in [5.74, 6) is -0.273. The second-order valence-electron chi connectivity index (χ2n) is 6.01. The Hall–Kier alpha value is -4.41. The number of hydrogen-bond acceptors (Lipinski definition) is 4. The third-order valence-corrected chi connectivity index (χ3v) is 4.12. The Morgan fingerprint density at radius 2 is 1.14 bits per heavy atom. The zero-order chi connectivity index (χ0) is 20.5. The van der Waals surface area contributed by atoms with Crippen molar-refractivity contribution in [1.29, 1.82) is 10.5 Å². The maximum absolute atomic E-state index is 12.6. The van der Waals surface area contributed by atoms with Crippen LogP contribution >= 0.6 is 0 Å². The summed E-state index contributed by atoms with van der Waals surface area (Å²) in [5.41, 5.74) is 2.05. The van der Waals surface area contributed by atoms with E-state index in [0.717, 1.165) is 0 Å². The molecule has 0 saturated carbocycles. The molecular formula is C25H16N2O2. The second kappa shape index (κ2) is 9.50. The van der Waals surface area contributed by atoms with Gasteiger partial charge in [0.1, 0.15) is 23.5 Å². The second-order valence-corrected chi connectivity index (χ2v) is 6.01. The van der Waals surface area contributed by atoms with Crippen LogP contribution in [0.3, 0.4) is 0 Å². The molecule has 0 aromatic heterocycles. The normalized spacial score (nSPS) is 10.3. The van der Waals surface area contributed by atoms with E-state index in [4.69, 9.17) is 4.74 Å². The van der Waals surface area contributed by atoms with E-state index in [-0.39, 0.29) is 11.3 Å². The Balaban J connectivity index is 2.13. The molecule has 0 aliphatic carbocycles. The highest BCUT2D eigenvalue weighted by molar-refractivity contribution is 5.95. The van der Waals surface area contributed by atoms with Crippen LogP contribution in [0.25, 0.3) is 11.3 Å². The van der Waals surface area contributed by atoms with Crippen LogP contribution in [-0.2, 0) is 4.74 Å². The summed E-state index contributed by atoms with van der Waals surface area (Å²) in [6, 6.07) is 30.6. The van der Waals surface area contributed by atoms with E-state index < -0.39 is 5.97 Å². The predicted octanol–water partition coefficient (Wildman–Crippen LogP) is 5.39. The van der Waals surface area contributed by atoms with E-state index in [2.05, 4.69) is 0 Å². The highest BCUT2D eigenvalue weighted by Crippen LogP contribution is 2.27. The molecular weight excluding hydrogens is 360 g/mol. The lowest BCUT2D eigenvalue weighted by atomic mass is 9.99. The molecule has 3 aromatic rings. The Labute approximate surface area is 169 Å². The van der Waals surface area contributed by atoms with Crippen molar-refractivity contribution >= 4 is 17.3 Å². The van der Waals surface area contributed by atoms with Crippen molar-refractivity contribution in [3.63, 3.8) is 0 Å². The number of nitriles is 2. The number of carbonyl (C=O) groups excluding carboxylic acids is 1. The molecule has 0 radical (unpaired) electrons. The Morgan fingerprint density at radius 3 is 1.62 bits per heavy atom. The number of carbonyl (C=O) groups is 1. The van der Waals surface area contributed by atoms with Gasteiger partial charge in [-0.05, 0) is 23.8 Å². The maximum atomic E-state index is 12.6. The van der Waals surface area contributed by atoms with E-state index >= 15 is 0 Å². The van der Waals surface area contributed by atoms with Crippen molar-refractivity contribution in [2.45, 2.75) is 0 Å². The monoisotopic (exact) mass is 376 g/mol. The minimum Gasteiger partial charge on any atom is -0.422 e. The lowest BCUT2D eigenvalue weighted by molar-refractivity contribution is 0.0692. The van der Waals surface area contributed by atoms with Crippen molar-refractivity contribution in [3.8, 4) is 12.1 Å². The van der Waals surface area contributed by atoms with E-state index in [1.165, 1.54) is 0 Å². The summed E-state index contributed by atoms with van der Waals surface area (Å²) in [6.07, 6.45) is 1.56. The lowest BCUT2D eigenvalue weighted by Gasteiger charge is -2.11. The van der Waals surface area contributed by atoms with E-state index in [0.29, 0.717) is 22.3 Å². The molecule has 0 heterocycles. The first kappa shape index (κ1) is 19.4. The molecule has 4 nitrogen and oxygen atoms in total. The van der Waals surface area contributed by atoms with Crippen molar-refractivity contribution in [3.05, 3.63) is 119 Å². The zero-order valence-electron chi connectivity index (χ0n) is 15.4. The number of esters is 1. The molecule has 0 aliphatic heterocycles. The van der Waals surface area contributed by atoms with Gasteiger partial charge < -0.3 is 4.74 Å². The number of benzene rings is 3. The van der Waals surface area contributed by atoms with Gasteiger partial charge in [-0.3, -0.25) is 0 Å². The van der Waals surface area contributed by atoms with Crippen molar-refractivity contribution in [1.82, 2.24) is 0 Å². The number of allylic oxidation sites excluding steroid dienone is 3. The first-order chi connectivity index (χ1) is 14.2. The van der Waals surface area contributed by atoms with Crippen LogP contribution in [0.4, 0.5) is 0 Å². The summed E-state index contributed by atoms with van der Waals surface area (Å²) in [7, 11) is 0. The molecule has 138 valence electrons. The van der Waals surface area contributed by atoms with Gasteiger partial charge in [0.05, 0.1) is 5.56 Å². The minimum absolute atomic E-state index is 0.0691. The largest absolute Gasteiger partial charge is 0.422 e. The molecule has 0 fully saturated rings. The molecule has 0 aliphatic rings. The van der Waals surface area contributed by atoms with Gasteiger partial charge >= 0.3 is 5.97 Å². The number of ether oxygens (including phenoxy) is 1. The minimum atomic E-state index is -0.524. The SMILES string of the molecule is N#CC(C#N)=C(/C=C(\OC(=O)c1ccccc1)c1ccccc1)c1ccccc1. The van der Waals surface area contributed by atoms with Crippen LogP contribution in [0.1, 0.15) is 21.5 Å². The van der Waals surface area contributed by atoms with E-state index in [1.807, 2.05) is 54.6 Å². The summed E-state index contributed by atoms with van der Waals surface area (Å²) >= 11 is 0. The summed E-state index contributed by atoms with van der Waals surface area (Å²) in [5, 5.41) is 18.9. The average Bonchev–Trinajstić information content (AvgIpc) is 2.80. The van der Waals surface area contributed by atoms with Crippen molar-refractivity contribution < 1.29 is 9.53 Å². The van der Waals surface area contributed by atoms with Gasteiger partial charge in [-0.15, -0.1) is 0 Å². The molecule has 0 N–H and O–H groups in total. The van der Waals surface area contributed by atoms with Gasteiger partial charge in [-0.25, -0.2) is 4.79 Å². The number of hydrogen-bond donors (Lipinski definition) is 0. The molecule has 3 aromatic carbocycles. The van der Waals surface area contributed by atoms with Crippen LogP contribution in [0.15, 0.2) is 103 Å². The molecule has 4 heteroatoms. The standard InChI is InChI=1S/C25H16N2O2/c26-17-22(18-27)23(19-10-4-1-5-11-19)16-24(20-12-6-2-7-13-20)29-25(28)21-14-8-3-9-15-21/h1-16H/b24-16-. The fourth-order valence-corrected chi connectivity index (χ4v) is 2.70. The van der Waals surface area contributed by atoms with Crippen LogP contribution < -0.4 is 0 Å². The maximum Gasteiger partial charge on any atom is 0.343 e. The Morgan fingerprint density at radius 1 is 0.690 bits per heavy atom. The highest BCUT2D eigenvalue weighted by atomic mass is 16.5. The van der Waals surface area contributed by atoms with Gasteiger partial charge in [0, 0.05) is 11.1 Å². The lowest BCUT2D eigenvalue weighted by Crippen LogP contribution is -2.05. The summed E-state index contributed by atoms with van der Waals surface area (Å²) in [6.45, 7) is 0. The molecule has 0 saturated heterocycles. The van der Waals surface area contributed by atoms with Crippen molar-refractivity contribution in [2.24, 2.45) is 0 Å². The van der Waals surface area contributed by atoms with Gasteiger partial charge in [0.25, 0.3) is 0 Å². The van der Waals surface area contributed by atoms with Crippen molar-refractivity contribution in [2.75, 3.05) is 0 Å². The molecule has 0 atom stereocenters. The Kier molecular flexibility index (Phi) is 6.34. The van der Waals surface area contributed by atoms with Gasteiger partial charge in [-0.2, -0.15) is 10.5 Å². The van der Waals surface area contributed by atoms with Gasteiger partial charge in [0.15, 0.2) is 0 Å². The molecule has 0 spiro atoms. The molecule has 0 unspecified atom stereocenters. The molecule has 0 bridgehead atoms.